The van der Waals surface area contributed by atoms with Gasteiger partial charge in [0, 0.05) is 12.6 Å². The van der Waals surface area contributed by atoms with Crippen LogP contribution >= 0.6 is 0 Å². The van der Waals surface area contributed by atoms with E-state index >= 15 is 0 Å². The molecule has 1 saturated heterocycles. The van der Waals surface area contributed by atoms with Crippen LogP contribution in [0.4, 0.5) is 5.82 Å². The Morgan fingerprint density at radius 2 is 2.35 bits per heavy atom. The molecule has 0 aliphatic carbocycles. The van der Waals surface area contributed by atoms with E-state index in [9.17, 15) is 9.90 Å². The molecule has 2 heterocycles. The van der Waals surface area contributed by atoms with Crippen molar-refractivity contribution in [1.82, 2.24) is 9.55 Å². The van der Waals surface area contributed by atoms with Gasteiger partial charge in [0.2, 0.25) is 0 Å². The molecule has 8 heteroatoms. The topological polar surface area (TPSA) is 142 Å². The van der Waals surface area contributed by atoms with Crippen molar-refractivity contribution in [2.75, 3.05) is 12.3 Å². The van der Waals surface area contributed by atoms with Crippen LogP contribution in [-0.2, 0) is 4.74 Å². The minimum Gasteiger partial charge on any atom is -0.412 e. The maximum atomic E-state index is 11.5. The summed E-state index contributed by atoms with van der Waals surface area (Å²) in [6.45, 7) is -0.283. The van der Waals surface area contributed by atoms with Crippen molar-refractivity contribution in [2.24, 2.45) is 0 Å². The average molecular weight is 246 g/mol. The summed E-state index contributed by atoms with van der Waals surface area (Å²) in [7, 11) is 0. The van der Waals surface area contributed by atoms with Gasteiger partial charge in [0.05, 0.1) is 12.7 Å². The first-order chi connectivity index (χ1) is 7.61. The first-order valence-electron chi connectivity index (χ1n) is 4.91. The summed E-state index contributed by atoms with van der Waals surface area (Å²) in [6.07, 6.45) is -0.333. The number of aliphatic hydroxyl groups excluding tert-OH is 2. The smallest absolute Gasteiger partial charge is 0.351 e. The number of anilines is 1. The van der Waals surface area contributed by atoms with Crippen LogP contribution in [0.15, 0.2) is 17.1 Å². The zero-order valence-corrected chi connectivity index (χ0v) is 8.98. The van der Waals surface area contributed by atoms with Crippen molar-refractivity contribution >= 4 is 5.82 Å². The number of rotatable bonds is 2. The van der Waals surface area contributed by atoms with E-state index in [1.54, 1.807) is 0 Å². The molecule has 1 aromatic rings. The van der Waals surface area contributed by atoms with Crippen molar-refractivity contribution in [3.05, 3.63) is 22.7 Å². The van der Waals surface area contributed by atoms with Crippen molar-refractivity contribution < 1.29 is 20.4 Å². The van der Waals surface area contributed by atoms with Gasteiger partial charge in [-0.1, -0.05) is 0 Å². The Kier molecular flexibility index (Phi) is 4.18. The summed E-state index contributed by atoms with van der Waals surface area (Å²) in [6, 6.07) is 1.48. The van der Waals surface area contributed by atoms with Crippen LogP contribution in [0.25, 0.3) is 0 Å². The largest absolute Gasteiger partial charge is 0.412 e. The van der Waals surface area contributed by atoms with Crippen LogP contribution in [0.3, 0.4) is 0 Å². The first-order valence-corrected chi connectivity index (χ1v) is 4.91. The Morgan fingerprint density at radius 3 is 2.88 bits per heavy atom. The molecule has 0 saturated carbocycles. The van der Waals surface area contributed by atoms with Crippen molar-refractivity contribution in [2.45, 2.75) is 24.9 Å². The van der Waals surface area contributed by atoms with Gasteiger partial charge in [-0.25, -0.2) is 4.79 Å². The van der Waals surface area contributed by atoms with E-state index in [4.69, 9.17) is 15.6 Å². The Hall–Kier alpha value is -1.48. The zero-order valence-electron chi connectivity index (χ0n) is 8.98. The average Bonchev–Trinajstić information content (AvgIpc) is 2.59. The lowest BCUT2D eigenvalue weighted by Gasteiger charge is -2.13. The fraction of sp³-hybridized carbons (Fsp3) is 0.556. The van der Waals surface area contributed by atoms with Gasteiger partial charge in [0.25, 0.3) is 0 Å². The molecule has 0 radical (unpaired) electrons. The second kappa shape index (κ2) is 5.23. The number of ether oxygens (including phenoxy) is 1. The Bertz CT molecular complexity index is 435. The highest BCUT2D eigenvalue weighted by atomic mass is 16.6. The summed E-state index contributed by atoms with van der Waals surface area (Å²) < 4.78 is 6.56. The van der Waals surface area contributed by atoms with E-state index in [0.29, 0.717) is 0 Å². The first kappa shape index (κ1) is 13.6. The monoisotopic (exact) mass is 246 g/mol. The highest BCUT2D eigenvalue weighted by Gasteiger charge is 2.34. The highest BCUT2D eigenvalue weighted by Crippen LogP contribution is 2.27. The number of hydrogen-bond donors (Lipinski definition) is 3. The third-order valence-corrected chi connectivity index (χ3v) is 2.55. The second-order valence-electron chi connectivity index (χ2n) is 3.66. The molecule has 2 rings (SSSR count). The van der Waals surface area contributed by atoms with E-state index in [1.165, 1.54) is 16.8 Å². The molecule has 1 aromatic heterocycles. The molecular weight excluding hydrogens is 231 g/mol. The zero-order chi connectivity index (χ0) is 11.7. The Balaban J connectivity index is 0.00000144. The number of nitrogens with zero attached hydrogens (tertiary/aromatic N) is 2. The van der Waals surface area contributed by atoms with E-state index in [1.807, 2.05) is 0 Å². The molecule has 0 unspecified atom stereocenters. The summed E-state index contributed by atoms with van der Waals surface area (Å²) >= 11 is 0. The fourth-order valence-corrected chi connectivity index (χ4v) is 1.70. The lowest BCUT2D eigenvalue weighted by atomic mass is 10.2. The van der Waals surface area contributed by atoms with Crippen LogP contribution in [0.5, 0.6) is 0 Å². The molecule has 3 atom stereocenters. The molecule has 1 aliphatic heterocycles. The predicted molar refractivity (Wildman–Crippen MR) is 58.1 cm³/mol. The number of nitrogens with two attached hydrogens (primary N) is 1. The van der Waals surface area contributed by atoms with Gasteiger partial charge in [0.15, 0.2) is 0 Å². The van der Waals surface area contributed by atoms with Crippen LogP contribution in [-0.4, -0.2) is 44.1 Å². The second-order valence-corrected chi connectivity index (χ2v) is 3.66. The SMILES string of the molecule is Nc1ccn([13C@H]2C[C@H](O)[C@@H](CO)O2)c(=O)n1.O. The fourth-order valence-electron chi connectivity index (χ4n) is 1.70. The maximum Gasteiger partial charge on any atom is 0.351 e. The molecule has 17 heavy (non-hydrogen) atoms. The molecule has 0 amide bonds. The van der Waals surface area contributed by atoms with E-state index in [2.05, 4.69) is 4.98 Å². The molecule has 0 aromatic carbocycles. The third kappa shape index (κ3) is 2.61. The van der Waals surface area contributed by atoms with E-state index in [-0.39, 0.29) is 24.3 Å². The lowest BCUT2D eigenvalue weighted by Crippen LogP contribution is -2.27. The molecule has 6 N–H and O–H groups in total. The minimum absolute atomic E-state index is 0. The van der Waals surface area contributed by atoms with Crippen molar-refractivity contribution in [3.8, 4) is 0 Å². The van der Waals surface area contributed by atoms with Gasteiger partial charge in [-0.2, -0.15) is 4.98 Å². The maximum absolute atomic E-state index is 11.5. The number of aromatic nitrogens is 2. The molecule has 0 bridgehead atoms. The summed E-state index contributed by atoms with van der Waals surface area (Å²) in [5.74, 6) is 0.138. The highest BCUT2D eigenvalue weighted by molar-refractivity contribution is 5.23. The quantitative estimate of drug-likeness (QED) is 0.498. The molecule has 1 fully saturated rings. The van der Waals surface area contributed by atoms with Gasteiger partial charge < -0.3 is 26.2 Å². The van der Waals surface area contributed by atoms with Gasteiger partial charge in [-0.05, 0) is 6.07 Å². The van der Waals surface area contributed by atoms with Crippen LogP contribution in [0, 0.1) is 0 Å². The van der Waals surface area contributed by atoms with Gasteiger partial charge in [-0.3, -0.25) is 4.57 Å². The summed E-state index contributed by atoms with van der Waals surface area (Å²) in [5.41, 5.74) is 4.82. The van der Waals surface area contributed by atoms with Gasteiger partial charge in [-0.15, -0.1) is 0 Å². The third-order valence-electron chi connectivity index (χ3n) is 2.55. The van der Waals surface area contributed by atoms with Gasteiger partial charge >= 0.3 is 5.69 Å². The van der Waals surface area contributed by atoms with Crippen LogP contribution in [0.2, 0.25) is 0 Å². The number of hydrogen-bond acceptors (Lipinski definition) is 6. The Labute approximate surface area is 96.6 Å². The summed E-state index contributed by atoms with van der Waals surface area (Å²) in [4.78, 5) is 15.0. The van der Waals surface area contributed by atoms with Gasteiger partial charge in [0.1, 0.15) is 18.1 Å². The van der Waals surface area contributed by atoms with E-state index in [0.717, 1.165) is 0 Å². The molecule has 0 spiro atoms. The number of nitrogen functional groups attached to an aromatic ring is 1. The van der Waals surface area contributed by atoms with E-state index < -0.39 is 24.1 Å². The predicted octanol–water partition coefficient (Wildman–Crippen LogP) is -2.36. The molecule has 96 valence electrons. The molecule has 1 aliphatic rings. The molecular formula is C9H15N3O5. The molecule has 8 nitrogen and oxygen atoms in total. The standard InChI is InChI=1S/C9H13N3O4.H2O/c10-7-1-2-12(9(15)11-7)8-3-5(14)6(4-13)16-8;/h1-2,5-6,8,13-14H,3-4H2,(H2,10,11,15);1H2/t5-,6+,8+;/m0./s1/i8+1;. The lowest BCUT2D eigenvalue weighted by molar-refractivity contribution is -0.0458. The van der Waals surface area contributed by atoms with Crippen LogP contribution in [0.1, 0.15) is 12.6 Å². The number of aliphatic hydroxyl groups is 2. The van der Waals surface area contributed by atoms with Crippen LogP contribution < -0.4 is 11.4 Å². The normalized spacial score (nSPS) is 27.8. The minimum atomic E-state index is -0.778. The Morgan fingerprint density at radius 1 is 1.65 bits per heavy atom. The van der Waals surface area contributed by atoms with Crippen molar-refractivity contribution in [1.29, 1.82) is 0 Å². The van der Waals surface area contributed by atoms with Crippen molar-refractivity contribution in [3.63, 3.8) is 0 Å². The summed E-state index contributed by atoms with van der Waals surface area (Å²) in [5, 5.41) is 18.4.